The second-order valence-electron chi connectivity index (χ2n) is 1.71. The third kappa shape index (κ3) is 4.32. The fourth-order valence-electron chi connectivity index (χ4n) is 0.347. The molecule has 54 valence electrons. The maximum atomic E-state index is 5.41. The standard InChI is InChI=1S/C5H12N2OS/c1-5(9)7(6)3-4-8-2/h3-4,6H2,1-2H3. The van der Waals surface area contributed by atoms with Gasteiger partial charge in [0.05, 0.1) is 18.1 Å². The predicted octanol–water partition coefficient (Wildman–Crippen LogP) is 0.156. The SMILES string of the molecule is COCCN(N)C(C)=S. The summed E-state index contributed by atoms with van der Waals surface area (Å²) in [6.45, 7) is 3.06. The number of ether oxygens (including phenoxy) is 1. The summed E-state index contributed by atoms with van der Waals surface area (Å²) < 4.78 is 4.78. The topological polar surface area (TPSA) is 38.5 Å². The minimum Gasteiger partial charge on any atom is -0.383 e. The molecule has 0 rings (SSSR count). The van der Waals surface area contributed by atoms with Gasteiger partial charge in [-0.25, -0.2) is 5.84 Å². The Bertz CT molecular complexity index is 97.0. The molecule has 0 aliphatic heterocycles. The molecule has 9 heavy (non-hydrogen) atoms. The van der Waals surface area contributed by atoms with Crippen LogP contribution in [0.1, 0.15) is 6.92 Å². The van der Waals surface area contributed by atoms with Crippen LogP contribution in [0.3, 0.4) is 0 Å². The lowest BCUT2D eigenvalue weighted by atomic mass is 10.6. The number of hydrogen-bond donors (Lipinski definition) is 1. The summed E-state index contributed by atoms with van der Waals surface area (Å²) in [6, 6.07) is 0. The van der Waals surface area contributed by atoms with Crippen molar-refractivity contribution >= 4 is 17.2 Å². The monoisotopic (exact) mass is 148 g/mol. The summed E-state index contributed by atoms with van der Waals surface area (Å²) in [5, 5.41) is 1.48. The molecule has 0 aliphatic rings. The summed E-state index contributed by atoms with van der Waals surface area (Å²) in [5.41, 5.74) is 0. The zero-order valence-corrected chi connectivity index (χ0v) is 6.57. The first-order valence-electron chi connectivity index (χ1n) is 2.70. The van der Waals surface area contributed by atoms with Crippen LogP contribution in [0.25, 0.3) is 0 Å². The number of hydrogen-bond acceptors (Lipinski definition) is 3. The third-order valence-electron chi connectivity index (χ3n) is 0.941. The van der Waals surface area contributed by atoms with Crippen molar-refractivity contribution in [1.29, 1.82) is 0 Å². The zero-order valence-electron chi connectivity index (χ0n) is 5.76. The zero-order chi connectivity index (χ0) is 7.28. The largest absolute Gasteiger partial charge is 0.383 e. The summed E-state index contributed by atoms with van der Waals surface area (Å²) >= 11 is 4.78. The third-order valence-corrected chi connectivity index (χ3v) is 1.18. The van der Waals surface area contributed by atoms with Crippen molar-refractivity contribution in [3.05, 3.63) is 0 Å². The molecule has 0 aromatic rings. The van der Waals surface area contributed by atoms with E-state index in [9.17, 15) is 0 Å². The molecule has 0 atom stereocenters. The Morgan fingerprint density at radius 3 is 2.67 bits per heavy atom. The van der Waals surface area contributed by atoms with E-state index >= 15 is 0 Å². The molecule has 0 aromatic heterocycles. The van der Waals surface area contributed by atoms with Crippen molar-refractivity contribution in [1.82, 2.24) is 5.01 Å². The molecule has 4 heteroatoms. The Hall–Kier alpha value is -0.190. The Balaban J connectivity index is 3.27. The van der Waals surface area contributed by atoms with Gasteiger partial charge in [-0.05, 0) is 6.92 Å². The van der Waals surface area contributed by atoms with Crippen LogP contribution < -0.4 is 5.84 Å². The summed E-state index contributed by atoms with van der Waals surface area (Å²) in [4.78, 5) is 0.687. The van der Waals surface area contributed by atoms with Crippen molar-refractivity contribution in [2.45, 2.75) is 6.92 Å². The molecule has 0 bridgehead atoms. The van der Waals surface area contributed by atoms with Crippen LogP contribution in [0.15, 0.2) is 0 Å². The fraction of sp³-hybridized carbons (Fsp3) is 0.800. The van der Waals surface area contributed by atoms with Crippen LogP contribution in [0, 0.1) is 0 Å². The molecule has 0 saturated carbocycles. The lowest BCUT2D eigenvalue weighted by Crippen LogP contribution is -2.36. The highest BCUT2D eigenvalue weighted by Gasteiger charge is 1.95. The smallest absolute Gasteiger partial charge is 0.0888 e. The van der Waals surface area contributed by atoms with E-state index in [-0.39, 0.29) is 0 Å². The second kappa shape index (κ2) is 4.67. The maximum absolute atomic E-state index is 5.41. The number of hydrazine groups is 1. The Morgan fingerprint density at radius 1 is 1.78 bits per heavy atom. The van der Waals surface area contributed by atoms with E-state index in [2.05, 4.69) is 0 Å². The Labute approximate surface area is 60.7 Å². The van der Waals surface area contributed by atoms with Gasteiger partial charge in [0.15, 0.2) is 0 Å². The summed E-state index contributed by atoms with van der Waals surface area (Å²) in [6.07, 6.45) is 0. The van der Waals surface area contributed by atoms with Crippen LogP contribution >= 0.6 is 12.2 Å². The van der Waals surface area contributed by atoms with E-state index in [1.54, 1.807) is 14.0 Å². The van der Waals surface area contributed by atoms with E-state index in [1.807, 2.05) is 0 Å². The quantitative estimate of drug-likeness (QED) is 0.351. The van der Waals surface area contributed by atoms with Crippen LogP contribution in [-0.2, 0) is 4.74 Å². The van der Waals surface area contributed by atoms with Gasteiger partial charge in [-0.15, -0.1) is 0 Å². The molecule has 2 N–H and O–H groups in total. The van der Waals surface area contributed by atoms with E-state index in [0.29, 0.717) is 18.1 Å². The van der Waals surface area contributed by atoms with Gasteiger partial charge in [-0.2, -0.15) is 0 Å². The fourth-order valence-corrected chi connectivity index (χ4v) is 0.438. The molecule has 0 amide bonds. The maximum Gasteiger partial charge on any atom is 0.0888 e. The molecule has 0 radical (unpaired) electrons. The molecule has 0 unspecified atom stereocenters. The molecule has 0 fully saturated rings. The number of rotatable bonds is 3. The van der Waals surface area contributed by atoms with Gasteiger partial charge < -0.3 is 9.75 Å². The van der Waals surface area contributed by atoms with Crippen LogP contribution in [0.2, 0.25) is 0 Å². The number of nitrogens with zero attached hydrogens (tertiary/aromatic N) is 1. The first-order chi connectivity index (χ1) is 4.18. The molecule has 0 spiro atoms. The van der Waals surface area contributed by atoms with E-state index in [1.165, 1.54) is 5.01 Å². The van der Waals surface area contributed by atoms with E-state index in [0.717, 1.165) is 0 Å². The average molecular weight is 148 g/mol. The van der Waals surface area contributed by atoms with Crippen LogP contribution in [-0.4, -0.2) is 30.3 Å². The predicted molar refractivity (Wildman–Crippen MR) is 41.0 cm³/mol. The molecular weight excluding hydrogens is 136 g/mol. The van der Waals surface area contributed by atoms with Gasteiger partial charge >= 0.3 is 0 Å². The van der Waals surface area contributed by atoms with Gasteiger partial charge in [-0.3, -0.25) is 0 Å². The van der Waals surface area contributed by atoms with Gasteiger partial charge in [-0.1, -0.05) is 12.2 Å². The Morgan fingerprint density at radius 2 is 2.33 bits per heavy atom. The molecular formula is C5H12N2OS. The van der Waals surface area contributed by atoms with Crippen molar-refractivity contribution in [3.63, 3.8) is 0 Å². The molecule has 0 aliphatic carbocycles. The molecule has 0 saturated heterocycles. The number of nitrogens with two attached hydrogens (primary N) is 1. The van der Waals surface area contributed by atoms with E-state index < -0.39 is 0 Å². The molecule has 0 heterocycles. The first kappa shape index (κ1) is 8.81. The number of methoxy groups -OCH3 is 1. The highest BCUT2D eigenvalue weighted by atomic mass is 32.1. The van der Waals surface area contributed by atoms with Gasteiger partial charge in [0.1, 0.15) is 0 Å². The minimum absolute atomic E-state index is 0.616. The molecule has 3 nitrogen and oxygen atoms in total. The lowest BCUT2D eigenvalue weighted by Gasteiger charge is -2.14. The van der Waals surface area contributed by atoms with Gasteiger partial charge in [0.25, 0.3) is 0 Å². The van der Waals surface area contributed by atoms with E-state index in [4.69, 9.17) is 22.8 Å². The van der Waals surface area contributed by atoms with Gasteiger partial charge in [0.2, 0.25) is 0 Å². The van der Waals surface area contributed by atoms with Crippen molar-refractivity contribution in [3.8, 4) is 0 Å². The van der Waals surface area contributed by atoms with Crippen LogP contribution in [0.4, 0.5) is 0 Å². The average Bonchev–Trinajstić information content (AvgIpc) is 1.82. The van der Waals surface area contributed by atoms with Crippen LogP contribution in [0.5, 0.6) is 0 Å². The first-order valence-corrected chi connectivity index (χ1v) is 3.11. The second-order valence-corrected chi connectivity index (χ2v) is 2.30. The normalized spacial score (nSPS) is 9.22. The van der Waals surface area contributed by atoms with Crippen molar-refractivity contribution in [2.75, 3.05) is 20.3 Å². The Kier molecular flexibility index (Phi) is 4.57. The van der Waals surface area contributed by atoms with Gasteiger partial charge in [0, 0.05) is 7.11 Å². The summed E-state index contributed by atoms with van der Waals surface area (Å²) in [5.74, 6) is 5.41. The summed E-state index contributed by atoms with van der Waals surface area (Å²) in [7, 11) is 1.63. The lowest BCUT2D eigenvalue weighted by molar-refractivity contribution is 0.177. The number of thiocarbonyl (C=S) groups is 1. The van der Waals surface area contributed by atoms with Crippen molar-refractivity contribution in [2.24, 2.45) is 5.84 Å². The highest BCUT2D eigenvalue weighted by Crippen LogP contribution is 1.81. The minimum atomic E-state index is 0.616. The van der Waals surface area contributed by atoms with Crippen molar-refractivity contribution < 1.29 is 4.74 Å². The highest BCUT2D eigenvalue weighted by molar-refractivity contribution is 7.80. The molecule has 0 aromatic carbocycles.